The minimum atomic E-state index is -1.62. The monoisotopic (exact) mass is 242 g/mol. The molecule has 2 nitrogen and oxygen atoms in total. The molecule has 0 saturated carbocycles. The summed E-state index contributed by atoms with van der Waals surface area (Å²) in [6, 6.07) is 0. The average molecular weight is 242 g/mol. The van der Waals surface area contributed by atoms with Crippen molar-refractivity contribution in [2.75, 3.05) is 7.11 Å². The highest BCUT2D eigenvalue weighted by Gasteiger charge is 2.39. The van der Waals surface area contributed by atoms with Crippen LogP contribution in [0.1, 0.15) is 33.6 Å². The predicted octanol–water partition coefficient (Wildman–Crippen LogP) is 3.74. The van der Waals surface area contributed by atoms with Gasteiger partial charge in [-0.2, -0.15) is 0 Å². The van der Waals surface area contributed by atoms with Crippen LogP contribution in [-0.2, 0) is 9.16 Å². The summed E-state index contributed by atoms with van der Waals surface area (Å²) in [6.07, 6.45) is 7.07. The summed E-state index contributed by atoms with van der Waals surface area (Å²) in [4.78, 5) is 0. The maximum absolute atomic E-state index is 6.33. The van der Waals surface area contributed by atoms with Crippen molar-refractivity contribution in [3.8, 4) is 0 Å². The van der Waals surface area contributed by atoms with Gasteiger partial charge in [-0.05, 0) is 31.0 Å². The lowest BCUT2D eigenvalue weighted by molar-refractivity contribution is 0.104. The number of ether oxygens (including phenoxy) is 1. The van der Waals surface area contributed by atoms with Gasteiger partial charge in [-0.25, -0.2) is 0 Å². The third-order valence-electron chi connectivity index (χ3n) is 3.83. The molecule has 0 aromatic heterocycles. The molecule has 1 aliphatic carbocycles. The molecule has 0 N–H and O–H groups in total. The Labute approximate surface area is 101 Å². The lowest BCUT2D eigenvalue weighted by Crippen LogP contribution is -2.44. The van der Waals surface area contributed by atoms with Crippen molar-refractivity contribution < 1.29 is 9.16 Å². The minimum absolute atomic E-state index is 0.291. The highest BCUT2D eigenvalue weighted by Crippen LogP contribution is 2.38. The van der Waals surface area contributed by atoms with Crippen LogP contribution in [0.4, 0.5) is 0 Å². The van der Waals surface area contributed by atoms with Gasteiger partial charge in [0.1, 0.15) is 0 Å². The molecule has 0 unspecified atom stereocenters. The van der Waals surface area contributed by atoms with Crippen LogP contribution in [0.25, 0.3) is 0 Å². The molecule has 3 heteroatoms. The highest BCUT2D eigenvalue weighted by molar-refractivity contribution is 6.74. The van der Waals surface area contributed by atoms with Gasteiger partial charge < -0.3 is 9.16 Å². The van der Waals surface area contributed by atoms with Gasteiger partial charge in [-0.15, -0.1) is 0 Å². The van der Waals surface area contributed by atoms with Crippen LogP contribution in [-0.4, -0.2) is 27.6 Å². The molecule has 0 saturated heterocycles. The van der Waals surface area contributed by atoms with Gasteiger partial charge in [-0.3, -0.25) is 0 Å². The summed E-state index contributed by atoms with van der Waals surface area (Å²) < 4.78 is 11.6. The Hall–Kier alpha value is -0.123. The first-order valence-electron chi connectivity index (χ1n) is 6.15. The van der Waals surface area contributed by atoms with E-state index in [4.69, 9.17) is 9.16 Å². The van der Waals surface area contributed by atoms with Crippen LogP contribution in [0, 0.1) is 0 Å². The molecule has 0 bridgehead atoms. The van der Waals surface area contributed by atoms with Gasteiger partial charge >= 0.3 is 0 Å². The molecule has 0 amide bonds. The summed E-state index contributed by atoms with van der Waals surface area (Å²) in [7, 11) is 0.151. The Morgan fingerprint density at radius 2 is 1.56 bits per heavy atom. The summed E-state index contributed by atoms with van der Waals surface area (Å²) in [5, 5.41) is 0.291. The zero-order valence-corrected chi connectivity index (χ0v) is 12.5. The Morgan fingerprint density at radius 1 is 1.06 bits per heavy atom. The van der Waals surface area contributed by atoms with Gasteiger partial charge in [-0.1, -0.05) is 32.9 Å². The molecule has 16 heavy (non-hydrogen) atoms. The maximum Gasteiger partial charge on any atom is 0.192 e. The van der Waals surface area contributed by atoms with Crippen LogP contribution in [0.15, 0.2) is 12.2 Å². The fourth-order valence-corrected chi connectivity index (χ4v) is 2.93. The van der Waals surface area contributed by atoms with E-state index in [0.29, 0.717) is 17.2 Å². The van der Waals surface area contributed by atoms with E-state index in [-0.39, 0.29) is 0 Å². The molecule has 1 aliphatic rings. The van der Waals surface area contributed by atoms with E-state index in [1.54, 1.807) is 7.11 Å². The van der Waals surface area contributed by atoms with Gasteiger partial charge in [0.15, 0.2) is 8.32 Å². The van der Waals surface area contributed by atoms with E-state index in [1.807, 2.05) is 0 Å². The van der Waals surface area contributed by atoms with Crippen molar-refractivity contribution in [3.05, 3.63) is 12.2 Å². The van der Waals surface area contributed by atoms with E-state index in [9.17, 15) is 0 Å². The van der Waals surface area contributed by atoms with E-state index in [1.165, 1.54) is 0 Å². The molecule has 1 rings (SSSR count). The quantitative estimate of drug-likeness (QED) is 0.554. The molecule has 0 aromatic rings. The van der Waals surface area contributed by atoms with Crippen molar-refractivity contribution in [2.45, 2.75) is 64.0 Å². The van der Waals surface area contributed by atoms with Gasteiger partial charge in [0, 0.05) is 7.11 Å². The molecule has 94 valence electrons. The normalized spacial score (nSPS) is 27.1. The third kappa shape index (κ3) is 3.44. The summed E-state index contributed by atoms with van der Waals surface area (Å²) >= 11 is 0. The summed E-state index contributed by atoms with van der Waals surface area (Å²) in [5.74, 6) is 0. The highest BCUT2D eigenvalue weighted by atomic mass is 28.4. The second-order valence-corrected chi connectivity index (χ2v) is 10.9. The van der Waals surface area contributed by atoms with Gasteiger partial charge in [0.05, 0.1) is 12.2 Å². The molecule has 0 aromatic carbocycles. The predicted molar refractivity (Wildman–Crippen MR) is 71.2 cm³/mol. The van der Waals surface area contributed by atoms with Crippen LogP contribution in [0.3, 0.4) is 0 Å². The lowest BCUT2D eigenvalue weighted by Gasteiger charge is -2.39. The Morgan fingerprint density at radius 3 is 1.94 bits per heavy atom. The molecule has 0 radical (unpaired) electrons. The minimum Gasteiger partial charge on any atom is -0.411 e. The Kier molecular flexibility index (Phi) is 4.38. The zero-order valence-electron chi connectivity index (χ0n) is 11.5. The first kappa shape index (κ1) is 13.9. The number of rotatable bonds is 3. The van der Waals surface area contributed by atoms with Crippen molar-refractivity contribution in [2.24, 2.45) is 0 Å². The molecule has 0 spiro atoms. The Balaban J connectivity index is 2.57. The first-order valence-corrected chi connectivity index (χ1v) is 9.06. The second kappa shape index (κ2) is 5.03. The number of hydrogen-bond donors (Lipinski definition) is 0. The molecule has 0 heterocycles. The van der Waals surface area contributed by atoms with Crippen LogP contribution in [0.5, 0.6) is 0 Å². The van der Waals surface area contributed by atoms with Crippen molar-refractivity contribution in [3.63, 3.8) is 0 Å². The van der Waals surface area contributed by atoms with E-state index >= 15 is 0 Å². The smallest absolute Gasteiger partial charge is 0.192 e. The van der Waals surface area contributed by atoms with Gasteiger partial charge in [0.2, 0.25) is 0 Å². The SMILES string of the molecule is CO[C@H]1C=C[C@H](O[Si](C)(C)C(C)(C)C)CC1. The van der Waals surface area contributed by atoms with Crippen LogP contribution < -0.4 is 0 Å². The van der Waals surface area contributed by atoms with Crippen LogP contribution in [0.2, 0.25) is 18.1 Å². The molecule has 0 fully saturated rings. The second-order valence-electron chi connectivity index (χ2n) is 6.15. The van der Waals surface area contributed by atoms with Gasteiger partial charge in [0.25, 0.3) is 0 Å². The molecular weight excluding hydrogens is 216 g/mol. The third-order valence-corrected chi connectivity index (χ3v) is 8.34. The van der Waals surface area contributed by atoms with Crippen molar-refractivity contribution in [1.29, 1.82) is 0 Å². The number of hydrogen-bond acceptors (Lipinski definition) is 2. The maximum atomic E-state index is 6.33. The Bertz CT molecular complexity index is 253. The largest absolute Gasteiger partial charge is 0.411 e. The molecule has 0 aliphatic heterocycles. The average Bonchev–Trinajstić information content (AvgIpc) is 2.16. The molecule has 2 atom stereocenters. The molecular formula is C13H26O2Si. The first-order chi connectivity index (χ1) is 7.26. The van der Waals surface area contributed by atoms with Crippen LogP contribution >= 0.6 is 0 Å². The summed E-state index contributed by atoms with van der Waals surface area (Å²) in [5.41, 5.74) is 0. The standard InChI is InChI=1S/C13H26O2Si/c1-13(2,3)16(5,6)15-12-9-7-11(14-4)8-10-12/h7,9,11-12H,8,10H2,1-6H3/t11-,12-/m0/s1. The van der Waals surface area contributed by atoms with E-state index in [2.05, 4.69) is 46.0 Å². The topological polar surface area (TPSA) is 18.5 Å². The number of methoxy groups -OCH3 is 1. The fraction of sp³-hybridized carbons (Fsp3) is 0.846. The lowest BCUT2D eigenvalue weighted by atomic mass is 10.0. The fourth-order valence-electron chi connectivity index (χ4n) is 1.62. The van der Waals surface area contributed by atoms with Crippen molar-refractivity contribution in [1.82, 2.24) is 0 Å². The van der Waals surface area contributed by atoms with E-state index in [0.717, 1.165) is 12.8 Å². The summed E-state index contributed by atoms with van der Waals surface area (Å²) in [6.45, 7) is 11.5. The van der Waals surface area contributed by atoms with Crippen molar-refractivity contribution >= 4 is 8.32 Å². The zero-order chi connectivity index (χ0) is 12.4. The van der Waals surface area contributed by atoms with E-state index < -0.39 is 8.32 Å².